The van der Waals surface area contributed by atoms with Gasteiger partial charge in [-0.2, -0.15) is 0 Å². The van der Waals surface area contributed by atoms with Crippen molar-refractivity contribution in [1.29, 1.82) is 0 Å². The molecule has 0 saturated heterocycles. The van der Waals surface area contributed by atoms with E-state index in [1.165, 1.54) is 21.2 Å². The number of urea groups is 1. The standard InChI is InChI=1S/C28H46BrN3O2/c1-8-12-24(27-23(10-3)17-21(6)18-25(27)29)22(9-2)14-15-31(7)26(33)19-20(5)13-16-32(11-4)28(30)34/h8,12,17-18,20,22,24H,9-11,13-16,19H2,1-7H3,(H2,30,34)/b12-8+. The fourth-order valence-corrected chi connectivity index (χ4v) is 5.55. The van der Waals surface area contributed by atoms with E-state index in [-0.39, 0.29) is 11.8 Å². The number of allylic oxidation sites excluding steroid dienone is 2. The summed E-state index contributed by atoms with van der Waals surface area (Å²) in [5.41, 5.74) is 9.44. The van der Waals surface area contributed by atoms with Crippen molar-refractivity contribution in [2.24, 2.45) is 17.6 Å². The Morgan fingerprint density at radius 1 is 1.15 bits per heavy atom. The van der Waals surface area contributed by atoms with Crippen molar-refractivity contribution in [3.8, 4) is 0 Å². The molecule has 0 aliphatic heterocycles. The second kappa shape index (κ2) is 15.2. The molecule has 0 aliphatic carbocycles. The predicted molar refractivity (Wildman–Crippen MR) is 147 cm³/mol. The van der Waals surface area contributed by atoms with Gasteiger partial charge in [0.05, 0.1) is 0 Å². The molecule has 0 saturated carbocycles. The first-order valence-corrected chi connectivity index (χ1v) is 13.6. The maximum atomic E-state index is 12.9. The molecule has 0 heterocycles. The number of aryl methyl sites for hydroxylation is 2. The normalized spacial score (nSPS) is 14.1. The van der Waals surface area contributed by atoms with Crippen LogP contribution in [0.25, 0.3) is 0 Å². The summed E-state index contributed by atoms with van der Waals surface area (Å²) in [6.45, 7) is 14.6. The third-order valence-electron chi connectivity index (χ3n) is 6.88. The fourth-order valence-electron chi connectivity index (χ4n) is 4.67. The van der Waals surface area contributed by atoms with Crippen LogP contribution in [-0.2, 0) is 11.2 Å². The van der Waals surface area contributed by atoms with E-state index in [0.29, 0.717) is 31.3 Å². The Morgan fingerprint density at radius 2 is 1.82 bits per heavy atom. The van der Waals surface area contributed by atoms with Gasteiger partial charge in [0, 0.05) is 43.5 Å². The van der Waals surface area contributed by atoms with E-state index in [1.807, 2.05) is 18.9 Å². The van der Waals surface area contributed by atoms with Crippen LogP contribution in [0.15, 0.2) is 28.8 Å². The topological polar surface area (TPSA) is 66.6 Å². The molecule has 0 spiro atoms. The molecule has 0 aliphatic rings. The van der Waals surface area contributed by atoms with E-state index in [4.69, 9.17) is 5.73 Å². The Hall–Kier alpha value is -1.82. The zero-order valence-electron chi connectivity index (χ0n) is 22.4. The molecule has 0 bridgehead atoms. The highest BCUT2D eigenvalue weighted by atomic mass is 79.9. The molecule has 2 N–H and O–H groups in total. The van der Waals surface area contributed by atoms with Crippen molar-refractivity contribution < 1.29 is 9.59 Å². The van der Waals surface area contributed by atoms with Crippen molar-refractivity contribution >= 4 is 27.9 Å². The minimum absolute atomic E-state index is 0.165. The molecule has 1 aromatic carbocycles. The lowest BCUT2D eigenvalue weighted by Crippen LogP contribution is -2.37. The molecule has 3 amide bonds. The maximum Gasteiger partial charge on any atom is 0.314 e. The van der Waals surface area contributed by atoms with Gasteiger partial charge < -0.3 is 15.5 Å². The van der Waals surface area contributed by atoms with Gasteiger partial charge in [0.1, 0.15) is 0 Å². The Balaban J connectivity index is 2.82. The van der Waals surface area contributed by atoms with Crippen LogP contribution in [-0.4, -0.2) is 48.4 Å². The summed E-state index contributed by atoms with van der Waals surface area (Å²) in [7, 11) is 1.91. The number of halogens is 1. The predicted octanol–water partition coefficient (Wildman–Crippen LogP) is 6.67. The average Bonchev–Trinajstić information content (AvgIpc) is 2.78. The molecule has 34 heavy (non-hydrogen) atoms. The minimum Gasteiger partial charge on any atom is -0.351 e. The average molecular weight is 537 g/mol. The van der Waals surface area contributed by atoms with Crippen LogP contribution in [0.2, 0.25) is 0 Å². The molecule has 192 valence electrons. The molecule has 5 nitrogen and oxygen atoms in total. The first kappa shape index (κ1) is 30.2. The third-order valence-corrected chi connectivity index (χ3v) is 7.53. The van der Waals surface area contributed by atoms with E-state index in [9.17, 15) is 9.59 Å². The summed E-state index contributed by atoms with van der Waals surface area (Å²) in [6, 6.07) is 4.12. The molecule has 6 heteroatoms. The summed E-state index contributed by atoms with van der Waals surface area (Å²) < 4.78 is 1.18. The number of carbonyl (C=O) groups excluding carboxylic acids is 2. The van der Waals surface area contributed by atoms with Crippen LogP contribution in [0.3, 0.4) is 0 Å². The smallest absolute Gasteiger partial charge is 0.314 e. The Morgan fingerprint density at radius 3 is 2.35 bits per heavy atom. The van der Waals surface area contributed by atoms with E-state index in [0.717, 1.165) is 32.2 Å². The third kappa shape index (κ3) is 9.09. The Labute approximate surface area is 216 Å². The van der Waals surface area contributed by atoms with Crippen LogP contribution in [0.4, 0.5) is 4.79 Å². The molecular formula is C28H46BrN3O2. The highest BCUT2D eigenvalue weighted by Crippen LogP contribution is 2.38. The Bertz CT molecular complexity index is 824. The molecular weight excluding hydrogens is 490 g/mol. The number of nitrogens with two attached hydrogens (primary N) is 1. The summed E-state index contributed by atoms with van der Waals surface area (Å²) in [5, 5.41) is 0. The summed E-state index contributed by atoms with van der Waals surface area (Å²) >= 11 is 3.85. The monoisotopic (exact) mass is 535 g/mol. The molecule has 3 unspecified atom stereocenters. The molecule has 3 atom stereocenters. The second-order valence-electron chi connectivity index (χ2n) is 9.51. The Kier molecular flexibility index (Phi) is 13.5. The number of carbonyl (C=O) groups is 2. The SMILES string of the molecule is C/C=C/C(c1c(Br)cc(C)cc1CC)C(CC)CCN(C)C(=O)CC(C)CCN(CC)C(N)=O. The highest BCUT2D eigenvalue weighted by Gasteiger charge is 2.25. The van der Waals surface area contributed by atoms with Crippen molar-refractivity contribution in [2.75, 3.05) is 26.7 Å². The van der Waals surface area contributed by atoms with Gasteiger partial charge in [-0.15, -0.1) is 0 Å². The van der Waals surface area contributed by atoms with Gasteiger partial charge in [-0.05, 0) is 74.6 Å². The van der Waals surface area contributed by atoms with Gasteiger partial charge in [0.15, 0.2) is 0 Å². The zero-order chi connectivity index (χ0) is 25.8. The summed E-state index contributed by atoms with van der Waals surface area (Å²) in [5.74, 6) is 1.13. The molecule has 0 radical (unpaired) electrons. The van der Waals surface area contributed by atoms with Gasteiger partial charge in [-0.3, -0.25) is 4.79 Å². The van der Waals surface area contributed by atoms with Gasteiger partial charge >= 0.3 is 6.03 Å². The molecule has 0 fully saturated rings. The van der Waals surface area contributed by atoms with Crippen molar-refractivity contribution in [2.45, 2.75) is 79.6 Å². The van der Waals surface area contributed by atoms with Crippen molar-refractivity contribution in [1.82, 2.24) is 9.80 Å². The number of rotatable bonds is 14. The van der Waals surface area contributed by atoms with Crippen LogP contribution < -0.4 is 5.73 Å². The minimum atomic E-state index is -0.397. The molecule has 1 rings (SSSR count). The first-order valence-electron chi connectivity index (χ1n) is 12.8. The van der Waals surface area contributed by atoms with E-state index in [2.05, 4.69) is 74.8 Å². The van der Waals surface area contributed by atoms with E-state index < -0.39 is 6.03 Å². The highest BCUT2D eigenvalue weighted by molar-refractivity contribution is 9.10. The number of nitrogens with zero attached hydrogens (tertiary/aromatic N) is 2. The van der Waals surface area contributed by atoms with E-state index >= 15 is 0 Å². The van der Waals surface area contributed by atoms with Crippen LogP contribution in [0, 0.1) is 18.8 Å². The maximum absolute atomic E-state index is 12.9. The molecule has 0 aromatic heterocycles. The van der Waals surface area contributed by atoms with Crippen LogP contribution in [0.5, 0.6) is 0 Å². The van der Waals surface area contributed by atoms with Crippen LogP contribution in [0.1, 0.15) is 82.9 Å². The summed E-state index contributed by atoms with van der Waals surface area (Å²) in [6.07, 6.45) is 8.76. The quantitative estimate of drug-likeness (QED) is 0.270. The second-order valence-corrected chi connectivity index (χ2v) is 10.4. The lowest BCUT2D eigenvalue weighted by Gasteiger charge is -2.29. The first-order chi connectivity index (χ1) is 16.1. The summed E-state index contributed by atoms with van der Waals surface area (Å²) in [4.78, 5) is 27.8. The lowest BCUT2D eigenvalue weighted by atomic mass is 9.79. The van der Waals surface area contributed by atoms with Gasteiger partial charge in [-0.1, -0.05) is 61.3 Å². The number of hydrogen-bond donors (Lipinski definition) is 1. The van der Waals surface area contributed by atoms with Gasteiger partial charge in [-0.25, -0.2) is 4.79 Å². The van der Waals surface area contributed by atoms with Gasteiger partial charge in [0.25, 0.3) is 0 Å². The lowest BCUT2D eigenvalue weighted by molar-refractivity contribution is -0.131. The number of amides is 3. The van der Waals surface area contributed by atoms with Crippen molar-refractivity contribution in [3.63, 3.8) is 0 Å². The molecule has 1 aromatic rings. The van der Waals surface area contributed by atoms with Gasteiger partial charge in [0.2, 0.25) is 5.91 Å². The fraction of sp³-hybridized carbons (Fsp3) is 0.643. The largest absolute Gasteiger partial charge is 0.351 e. The number of primary amides is 1. The number of benzene rings is 1. The number of hydrogen-bond acceptors (Lipinski definition) is 2. The van der Waals surface area contributed by atoms with Crippen molar-refractivity contribution in [3.05, 3.63) is 45.4 Å². The van der Waals surface area contributed by atoms with Crippen LogP contribution >= 0.6 is 15.9 Å². The zero-order valence-corrected chi connectivity index (χ0v) is 24.0. The van der Waals surface area contributed by atoms with E-state index in [1.54, 1.807) is 4.90 Å².